The molecule has 1 unspecified atom stereocenters. The van der Waals surface area contributed by atoms with E-state index in [1.807, 2.05) is 74.4 Å². The second-order valence-electron chi connectivity index (χ2n) is 7.79. The number of carbonyl (C=O) groups is 1. The van der Waals surface area contributed by atoms with Crippen molar-refractivity contribution >= 4 is 28.9 Å². The van der Waals surface area contributed by atoms with Gasteiger partial charge in [0.05, 0.1) is 6.04 Å². The number of rotatable bonds is 8. The van der Waals surface area contributed by atoms with Gasteiger partial charge in [0.15, 0.2) is 0 Å². The van der Waals surface area contributed by atoms with Crippen LogP contribution in [0.2, 0.25) is 5.02 Å². The number of nitrogens with one attached hydrogen (secondary N) is 1. The van der Waals surface area contributed by atoms with E-state index in [2.05, 4.69) is 15.1 Å². The Balaban J connectivity index is 1.39. The molecular formula is C23H31ClN4O2. The van der Waals surface area contributed by atoms with Gasteiger partial charge in [-0.05, 0) is 55.5 Å². The van der Waals surface area contributed by atoms with Crippen LogP contribution in [0.1, 0.15) is 6.92 Å². The molecule has 1 aliphatic heterocycles. The van der Waals surface area contributed by atoms with Gasteiger partial charge in [-0.3, -0.25) is 14.6 Å². The molecule has 1 amide bonds. The first-order valence-electron chi connectivity index (χ1n) is 10.4. The molecule has 7 heteroatoms. The maximum atomic E-state index is 12.7. The van der Waals surface area contributed by atoms with Gasteiger partial charge in [0.25, 0.3) is 0 Å². The summed E-state index contributed by atoms with van der Waals surface area (Å²) in [7, 11) is 4.00. The molecule has 0 spiro atoms. The van der Waals surface area contributed by atoms with E-state index in [0.717, 1.165) is 49.8 Å². The number of hydrogen-bond acceptors (Lipinski definition) is 5. The first kappa shape index (κ1) is 22.4. The zero-order chi connectivity index (χ0) is 21.5. The second kappa shape index (κ2) is 10.7. The number of benzene rings is 2. The van der Waals surface area contributed by atoms with Gasteiger partial charge >= 0.3 is 0 Å². The second-order valence-corrected chi connectivity index (χ2v) is 8.22. The molecule has 1 heterocycles. The minimum Gasteiger partial charge on any atom is -0.492 e. The minimum absolute atomic E-state index is 0.0344. The van der Waals surface area contributed by atoms with Crippen LogP contribution in [-0.4, -0.2) is 75.2 Å². The number of amides is 1. The van der Waals surface area contributed by atoms with Crippen LogP contribution in [0.5, 0.6) is 5.75 Å². The Bertz CT molecular complexity index is 803. The molecule has 1 fully saturated rings. The molecule has 2 aromatic carbocycles. The summed E-state index contributed by atoms with van der Waals surface area (Å²) in [6.07, 6.45) is 0. The smallest absolute Gasteiger partial charge is 0.241 e. The Morgan fingerprint density at radius 1 is 1.07 bits per heavy atom. The van der Waals surface area contributed by atoms with Crippen molar-refractivity contribution in [3.05, 3.63) is 53.6 Å². The molecule has 0 aromatic heterocycles. The van der Waals surface area contributed by atoms with Crippen molar-refractivity contribution in [2.75, 3.05) is 63.6 Å². The molecular weight excluding hydrogens is 400 g/mol. The van der Waals surface area contributed by atoms with Crippen LogP contribution in [0.3, 0.4) is 0 Å². The highest BCUT2D eigenvalue weighted by molar-refractivity contribution is 6.30. The van der Waals surface area contributed by atoms with Crippen LogP contribution in [0.25, 0.3) is 0 Å². The van der Waals surface area contributed by atoms with Gasteiger partial charge in [0.1, 0.15) is 12.4 Å². The lowest BCUT2D eigenvalue weighted by Crippen LogP contribution is -2.53. The summed E-state index contributed by atoms with van der Waals surface area (Å²) < 4.78 is 5.78. The lowest BCUT2D eigenvalue weighted by molar-refractivity contribution is -0.121. The fourth-order valence-corrected chi connectivity index (χ4v) is 3.58. The van der Waals surface area contributed by atoms with Crippen molar-refractivity contribution in [3.8, 4) is 5.75 Å². The van der Waals surface area contributed by atoms with Gasteiger partial charge in [-0.1, -0.05) is 11.6 Å². The maximum Gasteiger partial charge on any atom is 0.241 e. The van der Waals surface area contributed by atoms with E-state index in [1.165, 1.54) is 0 Å². The third kappa shape index (κ3) is 6.36. The molecule has 30 heavy (non-hydrogen) atoms. The number of hydrogen-bond donors (Lipinski definition) is 1. The monoisotopic (exact) mass is 430 g/mol. The van der Waals surface area contributed by atoms with Crippen LogP contribution < -0.4 is 15.0 Å². The van der Waals surface area contributed by atoms with Crippen molar-refractivity contribution in [2.45, 2.75) is 13.0 Å². The van der Waals surface area contributed by atoms with E-state index in [1.54, 1.807) is 0 Å². The topological polar surface area (TPSA) is 48.1 Å². The lowest BCUT2D eigenvalue weighted by Gasteiger charge is -2.37. The molecule has 1 saturated heterocycles. The minimum atomic E-state index is -0.161. The van der Waals surface area contributed by atoms with Crippen molar-refractivity contribution < 1.29 is 9.53 Å². The highest BCUT2D eigenvalue weighted by Gasteiger charge is 2.25. The zero-order valence-corrected chi connectivity index (χ0v) is 18.7. The SMILES string of the molecule is CC(C(=O)Nc1ccc(N(C)C)cc1)N1CCN(CCOc2ccc(Cl)cc2)CC1. The number of ether oxygens (including phenoxy) is 1. The first-order valence-corrected chi connectivity index (χ1v) is 10.7. The fourth-order valence-electron chi connectivity index (χ4n) is 3.45. The summed E-state index contributed by atoms with van der Waals surface area (Å²) in [6, 6.07) is 15.2. The van der Waals surface area contributed by atoms with E-state index in [9.17, 15) is 4.79 Å². The summed E-state index contributed by atoms with van der Waals surface area (Å²) in [5.74, 6) is 0.870. The molecule has 3 rings (SSSR count). The normalized spacial score (nSPS) is 16.1. The van der Waals surface area contributed by atoms with Crippen molar-refractivity contribution in [2.24, 2.45) is 0 Å². The van der Waals surface area contributed by atoms with Crippen molar-refractivity contribution in [3.63, 3.8) is 0 Å². The number of piperazine rings is 1. The highest BCUT2D eigenvalue weighted by Crippen LogP contribution is 2.17. The molecule has 0 bridgehead atoms. The molecule has 0 saturated carbocycles. The first-order chi connectivity index (χ1) is 14.4. The van der Waals surface area contributed by atoms with E-state index >= 15 is 0 Å². The summed E-state index contributed by atoms with van der Waals surface area (Å²) in [6.45, 7) is 7.08. The van der Waals surface area contributed by atoms with Gasteiger partial charge in [0, 0.05) is 63.2 Å². The molecule has 2 aromatic rings. The van der Waals surface area contributed by atoms with E-state index < -0.39 is 0 Å². The Morgan fingerprint density at radius 3 is 2.30 bits per heavy atom. The average Bonchev–Trinajstić information content (AvgIpc) is 2.75. The number of carbonyl (C=O) groups excluding carboxylic acids is 1. The molecule has 1 aliphatic rings. The molecule has 1 atom stereocenters. The Kier molecular flexibility index (Phi) is 7.96. The van der Waals surface area contributed by atoms with Crippen molar-refractivity contribution in [1.82, 2.24) is 9.80 Å². The molecule has 162 valence electrons. The molecule has 6 nitrogen and oxygen atoms in total. The average molecular weight is 431 g/mol. The summed E-state index contributed by atoms with van der Waals surface area (Å²) in [4.78, 5) is 19.3. The largest absolute Gasteiger partial charge is 0.492 e. The van der Waals surface area contributed by atoms with E-state index in [-0.39, 0.29) is 11.9 Å². The third-order valence-electron chi connectivity index (χ3n) is 5.48. The maximum absolute atomic E-state index is 12.7. The fraction of sp³-hybridized carbons (Fsp3) is 0.435. The zero-order valence-electron chi connectivity index (χ0n) is 18.0. The number of halogens is 1. The summed E-state index contributed by atoms with van der Waals surface area (Å²) >= 11 is 5.89. The van der Waals surface area contributed by atoms with Crippen molar-refractivity contribution in [1.29, 1.82) is 0 Å². The standard InChI is InChI=1S/C23H31ClN4O2/c1-18(23(29)25-20-6-8-21(9-7-20)26(2)3)28-14-12-27(13-15-28)16-17-30-22-10-4-19(24)5-11-22/h4-11,18H,12-17H2,1-3H3,(H,25,29). The molecule has 1 N–H and O–H groups in total. The van der Waals surface area contributed by atoms with E-state index in [0.29, 0.717) is 11.6 Å². The Morgan fingerprint density at radius 2 is 1.70 bits per heavy atom. The van der Waals surface area contributed by atoms with Gasteiger partial charge < -0.3 is 15.0 Å². The molecule has 0 aliphatic carbocycles. The quantitative estimate of drug-likeness (QED) is 0.695. The predicted octanol–water partition coefficient (Wildman–Crippen LogP) is 3.43. The van der Waals surface area contributed by atoms with E-state index in [4.69, 9.17) is 16.3 Å². The van der Waals surface area contributed by atoms with Crippen LogP contribution in [-0.2, 0) is 4.79 Å². The Hall–Kier alpha value is -2.28. The van der Waals surface area contributed by atoms with Gasteiger partial charge in [-0.2, -0.15) is 0 Å². The van der Waals surface area contributed by atoms with Gasteiger partial charge in [-0.25, -0.2) is 0 Å². The summed E-state index contributed by atoms with van der Waals surface area (Å²) in [5, 5.41) is 3.74. The van der Waals surface area contributed by atoms with Gasteiger partial charge in [-0.15, -0.1) is 0 Å². The third-order valence-corrected chi connectivity index (χ3v) is 5.73. The number of nitrogens with zero attached hydrogens (tertiary/aromatic N) is 3. The van der Waals surface area contributed by atoms with Crippen LogP contribution in [0, 0.1) is 0 Å². The number of anilines is 2. The van der Waals surface area contributed by atoms with Crippen LogP contribution >= 0.6 is 11.6 Å². The van der Waals surface area contributed by atoms with Crippen LogP contribution in [0.4, 0.5) is 11.4 Å². The summed E-state index contributed by atoms with van der Waals surface area (Å²) in [5.41, 5.74) is 1.94. The van der Waals surface area contributed by atoms with Gasteiger partial charge in [0.2, 0.25) is 5.91 Å². The highest BCUT2D eigenvalue weighted by atomic mass is 35.5. The lowest BCUT2D eigenvalue weighted by atomic mass is 10.2. The molecule has 0 radical (unpaired) electrons. The van der Waals surface area contributed by atoms with Crippen LogP contribution in [0.15, 0.2) is 48.5 Å². The predicted molar refractivity (Wildman–Crippen MR) is 124 cm³/mol. The Labute approximate surface area is 184 Å².